The van der Waals surface area contributed by atoms with Crippen molar-refractivity contribution in [1.82, 2.24) is 4.72 Å². The van der Waals surface area contributed by atoms with E-state index in [4.69, 9.17) is 0 Å². The number of alkyl halides is 3. The Morgan fingerprint density at radius 2 is 1.72 bits per heavy atom. The average Bonchev–Trinajstić information content (AvgIpc) is 2.99. The number of nitrogens with one attached hydrogen (secondary N) is 1. The Morgan fingerprint density at radius 1 is 1.17 bits per heavy atom. The van der Waals surface area contributed by atoms with Crippen molar-refractivity contribution in [3.63, 3.8) is 0 Å². The van der Waals surface area contributed by atoms with Gasteiger partial charge in [0.05, 0.1) is 4.90 Å². The fourth-order valence-corrected chi connectivity index (χ4v) is 3.15. The van der Waals surface area contributed by atoms with E-state index in [0.717, 1.165) is 25.0 Å². The van der Waals surface area contributed by atoms with Crippen LogP contribution in [0.1, 0.15) is 12.8 Å². The van der Waals surface area contributed by atoms with Gasteiger partial charge in [0.1, 0.15) is 0 Å². The molecule has 0 saturated heterocycles. The fourth-order valence-electron chi connectivity index (χ4n) is 1.31. The van der Waals surface area contributed by atoms with Crippen molar-refractivity contribution >= 4 is 21.8 Å². The Labute approximate surface area is 107 Å². The van der Waals surface area contributed by atoms with Gasteiger partial charge >= 0.3 is 5.51 Å². The zero-order valence-electron chi connectivity index (χ0n) is 9.07. The normalized spacial score (nSPS) is 16.8. The zero-order valence-corrected chi connectivity index (χ0v) is 10.7. The van der Waals surface area contributed by atoms with Crippen LogP contribution in [-0.4, -0.2) is 20.0 Å². The van der Waals surface area contributed by atoms with E-state index >= 15 is 0 Å². The minimum absolute atomic E-state index is 0.0130. The number of sulfonamides is 1. The Bertz CT molecular complexity index is 521. The highest BCUT2D eigenvalue weighted by Gasteiger charge is 2.30. The summed E-state index contributed by atoms with van der Waals surface area (Å²) in [4.78, 5) is -0.0474. The molecular formula is C10H10F3NO2S2. The van der Waals surface area contributed by atoms with Crippen LogP contribution in [-0.2, 0) is 10.0 Å². The van der Waals surface area contributed by atoms with Gasteiger partial charge in [-0.25, -0.2) is 13.1 Å². The van der Waals surface area contributed by atoms with Gasteiger partial charge in [0, 0.05) is 10.9 Å². The molecule has 0 heterocycles. The van der Waals surface area contributed by atoms with Crippen molar-refractivity contribution in [3.8, 4) is 0 Å². The van der Waals surface area contributed by atoms with E-state index in [1.807, 2.05) is 0 Å². The summed E-state index contributed by atoms with van der Waals surface area (Å²) in [6.45, 7) is 0. The molecule has 1 saturated carbocycles. The highest BCUT2D eigenvalue weighted by molar-refractivity contribution is 8.00. The molecule has 0 aromatic heterocycles. The molecule has 3 nitrogen and oxygen atoms in total. The van der Waals surface area contributed by atoms with Gasteiger partial charge in [-0.1, -0.05) is 0 Å². The molecule has 0 radical (unpaired) electrons. The Balaban J connectivity index is 2.11. The summed E-state index contributed by atoms with van der Waals surface area (Å²) in [7, 11) is -3.60. The van der Waals surface area contributed by atoms with E-state index in [1.165, 1.54) is 12.1 Å². The number of hydrogen-bond acceptors (Lipinski definition) is 3. The molecule has 1 aliphatic carbocycles. The molecule has 0 atom stereocenters. The highest BCUT2D eigenvalue weighted by atomic mass is 32.2. The first kappa shape index (κ1) is 13.7. The molecule has 1 aromatic carbocycles. The van der Waals surface area contributed by atoms with E-state index in [0.29, 0.717) is 0 Å². The maximum Gasteiger partial charge on any atom is 0.446 e. The van der Waals surface area contributed by atoms with Crippen LogP contribution in [0.3, 0.4) is 0 Å². The zero-order chi connectivity index (χ0) is 13.4. The standard InChI is InChI=1S/C10H10F3NO2S2/c11-10(12,13)17-8-3-5-9(6-4-8)18(15,16)14-7-1-2-7/h3-7,14H,1-2H2. The number of rotatable bonds is 4. The van der Waals surface area contributed by atoms with Crippen molar-refractivity contribution < 1.29 is 21.6 Å². The van der Waals surface area contributed by atoms with Crippen molar-refractivity contribution in [1.29, 1.82) is 0 Å². The van der Waals surface area contributed by atoms with Gasteiger partial charge in [0.2, 0.25) is 10.0 Å². The maximum absolute atomic E-state index is 12.1. The van der Waals surface area contributed by atoms with Gasteiger partial charge in [-0.2, -0.15) is 13.2 Å². The third kappa shape index (κ3) is 3.89. The van der Waals surface area contributed by atoms with Gasteiger partial charge in [0.25, 0.3) is 0 Å². The van der Waals surface area contributed by atoms with Gasteiger partial charge in [-0.15, -0.1) is 0 Å². The third-order valence-electron chi connectivity index (χ3n) is 2.27. The Kier molecular flexibility index (Phi) is 3.61. The lowest BCUT2D eigenvalue weighted by Crippen LogP contribution is -2.25. The van der Waals surface area contributed by atoms with Gasteiger partial charge in [-0.05, 0) is 48.9 Å². The minimum atomic E-state index is -4.37. The Morgan fingerprint density at radius 3 is 2.17 bits per heavy atom. The fraction of sp³-hybridized carbons (Fsp3) is 0.400. The summed E-state index contributed by atoms with van der Waals surface area (Å²) in [6.07, 6.45) is 1.61. The molecule has 18 heavy (non-hydrogen) atoms. The summed E-state index contributed by atoms with van der Waals surface area (Å²) >= 11 is -0.269. The predicted molar refractivity (Wildman–Crippen MR) is 61.7 cm³/mol. The molecule has 2 rings (SSSR count). The molecule has 100 valence electrons. The van der Waals surface area contributed by atoms with E-state index < -0.39 is 15.5 Å². The first-order chi connectivity index (χ1) is 8.26. The number of thioether (sulfide) groups is 1. The first-order valence-corrected chi connectivity index (χ1v) is 7.44. The van der Waals surface area contributed by atoms with Crippen LogP contribution in [0, 0.1) is 0 Å². The molecule has 1 fully saturated rings. The number of halogens is 3. The first-order valence-electron chi connectivity index (χ1n) is 5.14. The smallest absolute Gasteiger partial charge is 0.208 e. The van der Waals surface area contributed by atoms with Crippen molar-refractivity contribution in [2.45, 2.75) is 34.2 Å². The summed E-state index contributed by atoms with van der Waals surface area (Å²) in [5, 5.41) is 0. The summed E-state index contributed by atoms with van der Waals surface area (Å²) in [5.41, 5.74) is -4.37. The topological polar surface area (TPSA) is 46.2 Å². The molecule has 0 unspecified atom stereocenters. The molecular weight excluding hydrogens is 287 g/mol. The average molecular weight is 297 g/mol. The third-order valence-corrected chi connectivity index (χ3v) is 4.54. The number of hydrogen-bond donors (Lipinski definition) is 1. The molecule has 0 aliphatic heterocycles. The van der Waals surface area contributed by atoms with Crippen LogP contribution in [0.4, 0.5) is 13.2 Å². The monoisotopic (exact) mass is 297 g/mol. The van der Waals surface area contributed by atoms with Crippen LogP contribution in [0.2, 0.25) is 0 Å². The summed E-state index contributed by atoms with van der Waals surface area (Å²) in [6, 6.07) is 4.64. The Hall–Kier alpha value is -0.730. The van der Waals surface area contributed by atoms with Crippen LogP contribution >= 0.6 is 11.8 Å². The van der Waals surface area contributed by atoms with Crippen molar-refractivity contribution in [2.24, 2.45) is 0 Å². The van der Waals surface area contributed by atoms with Gasteiger partial charge < -0.3 is 0 Å². The highest BCUT2D eigenvalue weighted by Crippen LogP contribution is 2.37. The molecule has 0 amide bonds. The number of benzene rings is 1. The van der Waals surface area contributed by atoms with E-state index in [1.54, 1.807) is 0 Å². The van der Waals surface area contributed by atoms with Gasteiger partial charge in [0.15, 0.2) is 0 Å². The molecule has 1 N–H and O–H groups in total. The second-order valence-corrected chi connectivity index (χ2v) is 6.77. The molecule has 0 spiro atoms. The van der Waals surface area contributed by atoms with E-state index in [9.17, 15) is 21.6 Å². The SMILES string of the molecule is O=S(=O)(NC1CC1)c1ccc(SC(F)(F)F)cc1. The molecule has 1 aliphatic rings. The minimum Gasteiger partial charge on any atom is -0.208 e. The lowest BCUT2D eigenvalue weighted by molar-refractivity contribution is -0.0328. The van der Waals surface area contributed by atoms with Crippen molar-refractivity contribution in [3.05, 3.63) is 24.3 Å². The second-order valence-electron chi connectivity index (χ2n) is 3.91. The predicted octanol–water partition coefficient (Wildman–Crippen LogP) is 2.74. The lowest BCUT2D eigenvalue weighted by atomic mass is 10.4. The van der Waals surface area contributed by atoms with Crippen LogP contribution in [0.15, 0.2) is 34.1 Å². The summed E-state index contributed by atoms with van der Waals surface area (Å²) < 4.78 is 62.2. The van der Waals surface area contributed by atoms with E-state index in [-0.39, 0.29) is 27.6 Å². The molecule has 1 aromatic rings. The quantitative estimate of drug-likeness (QED) is 0.869. The van der Waals surface area contributed by atoms with E-state index in [2.05, 4.69) is 4.72 Å². The van der Waals surface area contributed by atoms with Crippen molar-refractivity contribution in [2.75, 3.05) is 0 Å². The second kappa shape index (κ2) is 4.75. The molecule has 8 heteroatoms. The summed E-state index contributed by atoms with van der Waals surface area (Å²) in [5.74, 6) is 0. The largest absolute Gasteiger partial charge is 0.446 e. The van der Waals surface area contributed by atoms with Crippen LogP contribution in [0.25, 0.3) is 0 Å². The van der Waals surface area contributed by atoms with Gasteiger partial charge in [-0.3, -0.25) is 0 Å². The lowest BCUT2D eigenvalue weighted by Gasteiger charge is -2.07. The van der Waals surface area contributed by atoms with Crippen LogP contribution < -0.4 is 4.72 Å². The molecule has 0 bridgehead atoms. The van der Waals surface area contributed by atoms with Crippen LogP contribution in [0.5, 0.6) is 0 Å². The maximum atomic E-state index is 12.1.